The Labute approximate surface area is 238 Å². The average Bonchev–Trinajstić information content (AvgIpc) is 2.96. The van der Waals surface area contributed by atoms with Crippen LogP contribution in [0.1, 0.15) is 19.3 Å². The van der Waals surface area contributed by atoms with Crippen molar-refractivity contribution in [2.24, 2.45) is 5.92 Å². The van der Waals surface area contributed by atoms with Gasteiger partial charge in [0.2, 0.25) is 0 Å². The van der Waals surface area contributed by atoms with Crippen LogP contribution in [0.25, 0.3) is 11.3 Å². The number of aromatic nitrogens is 2. The molecule has 0 saturated carbocycles. The van der Waals surface area contributed by atoms with E-state index < -0.39 is 21.7 Å². The maximum absolute atomic E-state index is 14.8. The quantitative estimate of drug-likeness (QED) is 0.235. The highest BCUT2D eigenvalue weighted by Gasteiger charge is 2.17. The normalized spacial score (nSPS) is 14.5. The van der Waals surface area contributed by atoms with E-state index in [-0.39, 0.29) is 10.6 Å². The zero-order valence-electron chi connectivity index (χ0n) is 22.6. The summed E-state index contributed by atoms with van der Waals surface area (Å²) in [5, 5.41) is 3.14. The number of halogens is 2. The van der Waals surface area contributed by atoms with Crippen molar-refractivity contribution in [3.63, 3.8) is 0 Å². The van der Waals surface area contributed by atoms with Crippen molar-refractivity contribution in [1.29, 1.82) is 0 Å². The molecule has 0 unspecified atom stereocenters. The van der Waals surface area contributed by atoms with Crippen molar-refractivity contribution < 1.29 is 21.9 Å². The van der Waals surface area contributed by atoms with Gasteiger partial charge in [-0.2, -0.15) is 0 Å². The minimum atomic E-state index is -3.86. The van der Waals surface area contributed by atoms with Crippen LogP contribution in [0, 0.1) is 17.6 Å². The number of nitrogens with zero attached hydrogens (tertiary/aromatic N) is 3. The summed E-state index contributed by atoms with van der Waals surface area (Å²) in [5.41, 5.74) is 2.11. The molecule has 2 N–H and O–H groups in total. The Bertz CT molecular complexity index is 1580. The highest BCUT2D eigenvalue weighted by atomic mass is 32.2. The Morgan fingerprint density at radius 2 is 1.63 bits per heavy atom. The number of ether oxygens (including phenoxy) is 1. The SMILES string of the molecule is CN1CCC(CCOc2ccc(-c3cc(Nc4ccc(NS(=O)(=O)c5ccc(F)cc5)cc4)ncn3)cc2F)CC1. The smallest absolute Gasteiger partial charge is 0.261 e. The van der Waals surface area contributed by atoms with Crippen molar-refractivity contribution in [3.8, 4) is 17.0 Å². The molecule has 2 heterocycles. The maximum Gasteiger partial charge on any atom is 0.261 e. The van der Waals surface area contributed by atoms with Gasteiger partial charge in [0.05, 0.1) is 17.2 Å². The molecule has 0 radical (unpaired) electrons. The van der Waals surface area contributed by atoms with Gasteiger partial charge < -0.3 is 15.0 Å². The first kappa shape index (κ1) is 28.4. The van der Waals surface area contributed by atoms with E-state index in [1.807, 2.05) is 0 Å². The number of rotatable bonds is 10. The summed E-state index contributed by atoms with van der Waals surface area (Å²) in [6.07, 6.45) is 4.58. The third-order valence-electron chi connectivity index (χ3n) is 7.05. The van der Waals surface area contributed by atoms with Crippen LogP contribution in [0.4, 0.5) is 26.0 Å². The molecular weight excluding hydrogens is 548 g/mol. The molecule has 5 rings (SSSR count). The molecule has 4 aromatic rings. The Hall–Kier alpha value is -4.09. The fraction of sp³-hybridized carbons (Fsp3) is 0.267. The Balaban J connectivity index is 1.18. The van der Waals surface area contributed by atoms with Crippen molar-refractivity contribution in [2.45, 2.75) is 24.2 Å². The average molecular weight is 580 g/mol. The van der Waals surface area contributed by atoms with Gasteiger partial charge in [-0.15, -0.1) is 0 Å². The lowest BCUT2D eigenvalue weighted by atomic mass is 9.94. The topological polar surface area (TPSA) is 96.5 Å². The highest BCUT2D eigenvalue weighted by molar-refractivity contribution is 7.92. The third kappa shape index (κ3) is 7.56. The van der Waals surface area contributed by atoms with E-state index >= 15 is 0 Å². The molecule has 1 saturated heterocycles. The number of hydrogen-bond acceptors (Lipinski definition) is 7. The van der Waals surface area contributed by atoms with Gasteiger partial charge in [0.25, 0.3) is 10.0 Å². The Morgan fingerprint density at radius 3 is 2.34 bits per heavy atom. The predicted octanol–water partition coefficient (Wildman–Crippen LogP) is 6.08. The second kappa shape index (κ2) is 12.6. The number of anilines is 3. The molecule has 214 valence electrons. The fourth-order valence-corrected chi connectivity index (χ4v) is 5.70. The second-order valence-corrected chi connectivity index (χ2v) is 11.8. The second-order valence-electron chi connectivity index (χ2n) is 10.1. The first-order valence-corrected chi connectivity index (χ1v) is 14.8. The minimum Gasteiger partial charge on any atom is -0.491 e. The molecule has 0 spiro atoms. The summed E-state index contributed by atoms with van der Waals surface area (Å²) in [6, 6.07) is 17.6. The van der Waals surface area contributed by atoms with Crippen LogP contribution < -0.4 is 14.8 Å². The zero-order valence-corrected chi connectivity index (χ0v) is 23.4. The van der Waals surface area contributed by atoms with Crippen molar-refractivity contribution in [3.05, 3.63) is 90.8 Å². The standard InChI is InChI=1S/C30H31F2N5O3S/c1-37-15-12-21(13-16-37)14-17-40-29-11-2-22(18-27(29)32)28-19-30(34-20-33-28)35-24-5-7-25(8-6-24)36-41(38,39)26-9-3-23(31)4-10-26/h2-11,18-21,36H,12-17H2,1H3,(H,33,34,35). The first-order chi connectivity index (χ1) is 19.7. The largest absolute Gasteiger partial charge is 0.491 e. The lowest BCUT2D eigenvalue weighted by molar-refractivity contribution is 0.185. The number of nitrogens with one attached hydrogen (secondary N) is 2. The van der Waals surface area contributed by atoms with E-state index in [0.29, 0.717) is 41.0 Å². The van der Waals surface area contributed by atoms with Crippen LogP contribution in [0.15, 0.2) is 84.0 Å². The molecule has 1 aromatic heterocycles. The minimum absolute atomic E-state index is 0.0432. The number of piperidine rings is 1. The van der Waals surface area contributed by atoms with Gasteiger partial charge in [-0.25, -0.2) is 27.2 Å². The third-order valence-corrected chi connectivity index (χ3v) is 8.45. The molecule has 8 nitrogen and oxygen atoms in total. The number of likely N-dealkylation sites (tertiary alicyclic amines) is 1. The maximum atomic E-state index is 14.8. The predicted molar refractivity (Wildman–Crippen MR) is 155 cm³/mol. The molecule has 1 aliphatic rings. The molecule has 0 atom stereocenters. The van der Waals surface area contributed by atoms with Gasteiger partial charge in [-0.1, -0.05) is 0 Å². The molecule has 0 bridgehead atoms. The van der Waals surface area contributed by atoms with E-state index in [2.05, 4.69) is 32.0 Å². The molecule has 1 fully saturated rings. The summed E-state index contributed by atoms with van der Waals surface area (Å²) < 4.78 is 61.2. The van der Waals surface area contributed by atoms with E-state index in [1.54, 1.807) is 42.5 Å². The summed E-state index contributed by atoms with van der Waals surface area (Å²) in [5.74, 6) is 0.356. The number of sulfonamides is 1. The van der Waals surface area contributed by atoms with Gasteiger partial charge in [-0.3, -0.25) is 4.72 Å². The molecule has 3 aromatic carbocycles. The van der Waals surface area contributed by atoms with Crippen LogP contribution in [0.3, 0.4) is 0 Å². The molecular formula is C30H31F2N5O3S. The van der Waals surface area contributed by atoms with Crippen molar-refractivity contribution >= 4 is 27.2 Å². The Morgan fingerprint density at radius 1 is 0.927 bits per heavy atom. The monoisotopic (exact) mass is 579 g/mol. The van der Waals surface area contributed by atoms with E-state index in [1.165, 1.54) is 24.5 Å². The number of hydrogen-bond donors (Lipinski definition) is 2. The Kier molecular flexibility index (Phi) is 8.75. The molecule has 0 amide bonds. The summed E-state index contributed by atoms with van der Waals surface area (Å²) in [7, 11) is -1.73. The van der Waals surface area contributed by atoms with Gasteiger partial charge >= 0.3 is 0 Å². The molecule has 41 heavy (non-hydrogen) atoms. The van der Waals surface area contributed by atoms with E-state index in [9.17, 15) is 17.2 Å². The number of benzene rings is 3. The van der Waals surface area contributed by atoms with E-state index in [0.717, 1.165) is 44.5 Å². The molecule has 0 aliphatic carbocycles. The summed E-state index contributed by atoms with van der Waals surface area (Å²) in [4.78, 5) is 10.8. The summed E-state index contributed by atoms with van der Waals surface area (Å²) >= 11 is 0. The first-order valence-electron chi connectivity index (χ1n) is 13.3. The van der Waals surface area contributed by atoms with Crippen molar-refractivity contribution in [2.75, 3.05) is 36.8 Å². The lowest BCUT2D eigenvalue weighted by Gasteiger charge is -2.28. The fourth-order valence-electron chi connectivity index (χ4n) is 4.64. The zero-order chi connectivity index (χ0) is 28.8. The van der Waals surface area contributed by atoms with Crippen molar-refractivity contribution in [1.82, 2.24) is 14.9 Å². The highest BCUT2D eigenvalue weighted by Crippen LogP contribution is 2.28. The van der Waals surface area contributed by atoms with Crippen LogP contribution in [-0.2, 0) is 10.0 Å². The van der Waals surface area contributed by atoms with Gasteiger partial charge in [-0.05, 0) is 112 Å². The molecule has 11 heteroatoms. The molecule has 1 aliphatic heterocycles. The van der Waals surface area contributed by atoms with Gasteiger partial charge in [0.15, 0.2) is 11.6 Å². The lowest BCUT2D eigenvalue weighted by Crippen LogP contribution is -2.30. The van der Waals surface area contributed by atoms with Gasteiger partial charge in [0, 0.05) is 23.0 Å². The van der Waals surface area contributed by atoms with E-state index in [4.69, 9.17) is 4.74 Å². The van der Waals surface area contributed by atoms with Crippen LogP contribution in [0.2, 0.25) is 0 Å². The van der Waals surface area contributed by atoms with Gasteiger partial charge in [0.1, 0.15) is 18.0 Å². The van der Waals surface area contributed by atoms with Crippen LogP contribution in [-0.4, -0.2) is 50.0 Å². The van der Waals surface area contributed by atoms with Crippen LogP contribution in [0.5, 0.6) is 5.75 Å². The van der Waals surface area contributed by atoms with Crippen LogP contribution >= 0.6 is 0 Å². The summed E-state index contributed by atoms with van der Waals surface area (Å²) in [6.45, 7) is 2.67.